The number of thiophene rings is 1. The summed E-state index contributed by atoms with van der Waals surface area (Å²) in [5.41, 5.74) is 1.53. The van der Waals surface area contributed by atoms with Gasteiger partial charge in [-0.15, -0.1) is 0 Å². The maximum absolute atomic E-state index is 5.99. The second-order valence-electron chi connectivity index (χ2n) is 4.94. The summed E-state index contributed by atoms with van der Waals surface area (Å²) in [4.78, 5) is 0. The highest BCUT2D eigenvalue weighted by molar-refractivity contribution is 7.07. The normalized spacial score (nSPS) is 23.8. The Labute approximate surface area is 108 Å². The molecule has 3 heteroatoms. The summed E-state index contributed by atoms with van der Waals surface area (Å²) in [6, 6.07) is 2.81. The van der Waals surface area contributed by atoms with E-state index in [0.717, 1.165) is 38.8 Å². The first-order valence-corrected chi connectivity index (χ1v) is 7.60. The van der Waals surface area contributed by atoms with Crippen LogP contribution < -0.4 is 5.32 Å². The number of rotatable bonds is 5. The van der Waals surface area contributed by atoms with E-state index in [1.807, 2.05) is 0 Å². The van der Waals surface area contributed by atoms with Gasteiger partial charge in [0.2, 0.25) is 0 Å². The zero-order chi connectivity index (χ0) is 12.1. The van der Waals surface area contributed by atoms with Crippen LogP contribution >= 0.6 is 11.3 Å². The monoisotopic (exact) mass is 253 g/mol. The van der Waals surface area contributed by atoms with Crippen molar-refractivity contribution in [2.45, 2.75) is 57.7 Å². The lowest BCUT2D eigenvalue weighted by Crippen LogP contribution is -2.46. The summed E-state index contributed by atoms with van der Waals surface area (Å²) >= 11 is 1.77. The smallest absolute Gasteiger partial charge is 0.0692 e. The molecule has 17 heavy (non-hydrogen) atoms. The molecule has 2 rings (SSSR count). The minimum absolute atomic E-state index is 0.130. The fourth-order valence-corrected chi connectivity index (χ4v) is 3.27. The second-order valence-corrected chi connectivity index (χ2v) is 5.72. The summed E-state index contributed by atoms with van der Waals surface area (Å²) in [5, 5.41) is 8.04. The van der Waals surface area contributed by atoms with Crippen LogP contribution in [0, 0.1) is 0 Å². The fourth-order valence-electron chi connectivity index (χ4n) is 2.60. The highest BCUT2D eigenvalue weighted by atomic mass is 32.1. The highest BCUT2D eigenvalue weighted by Gasteiger charge is 2.34. The summed E-state index contributed by atoms with van der Waals surface area (Å²) in [5.74, 6) is 0. The van der Waals surface area contributed by atoms with Crippen molar-refractivity contribution in [3.8, 4) is 0 Å². The molecule has 0 radical (unpaired) electrons. The van der Waals surface area contributed by atoms with Crippen LogP contribution in [0.2, 0.25) is 0 Å². The average molecular weight is 253 g/mol. The molecular weight excluding hydrogens is 230 g/mol. The number of hydrogen-bond donors (Lipinski definition) is 1. The van der Waals surface area contributed by atoms with E-state index in [2.05, 4.69) is 36.0 Å². The van der Waals surface area contributed by atoms with E-state index in [9.17, 15) is 0 Å². The van der Waals surface area contributed by atoms with Gasteiger partial charge in [-0.2, -0.15) is 11.3 Å². The van der Waals surface area contributed by atoms with Crippen LogP contribution in [0.1, 0.15) is 45.1 Å². The summed E-state index contributed by atoms with van der Waals surface area (Å²) in [7, 11) is 0. The van der Waals surface area contributed by atoms with Gasteiger partial charge in [-0.05, 0) is 48.1 Å². The van der Waals surface area contributed by atoms with Crippen molar-refractivity contribution >= 4 is 11.3 Å². The van der Waals surface area contributed by atoms with Crippen molar-refractivity contribution < 1.29 is 4.74 Å². The Balaban J connectivity index is 1.85. The Morgan fingerprint density at radius 2 is 2.29 bits per heavy atom. The Hall–Kier alpha value is -0.380. The molecule has 1 atom stereocenters. The molecule has 2 nitrogen and oxygen atoms in total. The maximum atomic E-state index is 5.99. The molecule has 1 fully saturated rings. The van der Waals surface area contributed by atoms with Gasteiger partial charge in [0.15, 0.2) is 0 Å². The van der Waals surface area contributed by atoms with E-state index in [1.54, 1.807) is 11.3 Å². The summed E-state index contributed by atoms with van der Waals surface area (Å²) < 4.78 is 5.99. The molecule has 1 aliphatic heterocycles. The Bertz CT molecular complexity index is 319. The van der Waals surface area contributed by atoms with Crippen molar-refractivity contribution in [1.29, 1.82) is 0 Å². The van der Waals surface area contributed by atoms with Crippen molar-refractivity contribution in [1.82, 2.24) is 5.32 Å². The minimum Gasteiger partial charge on any atom is -0.375 e. The quantitative estimate of drug-likeness (QED) is 0.866. The van der Waals surface area contributed by atoms with Crippen molar-refractivity contribution in [3.63, 3.8) is 0 Å². The molecule has 2 heterocycles. The van der Waals surface area contributed by atoms with Crippen LogP contribution in [-0.4, -0.2) is 18.2 Å². The molecule has 1 unspecified atom stereocenters. The van der Waals surface area contributed by atoms with Gasteiger partial charge >= 0.3 is 0 Å². The molecular formula is C14H23NOS. The lowest BCUT2D eigenvalue weighted by molar-refractivity contribution is -0.0932. The first-order valence-electron chi connectivity index (χ1n) is 6.66. The molecule has 0 spiro atoms. The van der Waals surface area contributed by atoms with Gasteiger partial charge in [-0.1, -0.05) is 13.8 Å². The molecule has 0 amide bonds. The predicted octanol–water partition coefficient (Wildman–Crippen LogP) is 3.58. The van der Waals surface area contributed by atoms with Crippen LogP contribution in [0.5, 0.6) is 0 Å². The molecule has 1 aromatic heterocycles. The lowest BCUT2D eigenvalue weighted by atomic mass is 9.86. The Kier molecular flexibility index (Phi) is 4.60. The molecule has 1 aromatic rings. The molecule has 1 N–H and O–H groups in total. The second kappa shape index (κ2) is 5.98. The predicted molar refractivity (Wildman–Crippen MR) is 73.4 cm³/mol. The van der Waals surface area contributed by atoms with Gasteiger partial charge in [0.1, 0.15) is 0 Å². The van der Waals surface area contributed by atoms with Crippen molar-refractivity contribution in [2.75, 3.05) is 6.61 Å². The topological polar surface area (TPSA) is 21.3 Å². The third kappa shape index (κ3) is 3.30. The number of hydrogen-bond acceptors (Lipinski definition) is 3. The van der Waals surface area contributed by atoms with Gasteiger partial charge in [0.25, 0.3) is 0 Å². The van der Waals surface area contributed by atoms with Gasteiger partial charge < -0.3 is 10.1 Å². The standard InChI is InChI=1S/C14H23NOS/c1-3-14(4-2)9-13(5-7-16-14)15-10-12-6-8-17-11-12/h6,8,11,13,15H,3-5,7,9-10H2,1-2H3. The SMILES string of the molecule is CCC1(CC)CC(NCc2ccsc2)CCO1. The van der Waals surface area contributed by atoms with Crippen LogP contribution in [0.25, 0.3) is 0 Å². The van der Waals surface area contributed by atoms with Crippen molar-refractivity contribution in [2.24, 2.45) is 0 Å². The van der Waals surface area contributed by atoms with E-state index in [1.165, 1.54) is 5.56 Å². The highest BCUT2D eigenvalue weighted by Crippen LogP contribution is 2.31. The maximum Gasteiger partial charge on any atom is 0.0692 e. The molecule has 0 aliphatic carbocycles. The van der Waals surface area contributed by atoms with Crippen LogP contribution in [0.4, 0.5) is 0 Å². The third-order valence-corrected chi connectivity index (χ3v) is 4.69. The molecule has 0 aromatic carbocycles. The van der Waals surface area contributed by atoms with Gasteiger partial charge in [-0.3, -0.25) is 0 Å². The molecule has 0 bridgehead atoms. The zero-order valence-electron chi connectivity index (χ0n) is 10.9. The minimum atomic E-state index is 0.130. The average Bonchev–Trinajstić information content (AvgIpc) is 2.90. The van der Waals surface area contributed by atoms with E-state index < -0.39 is 0 Å². The molecule has 1 saturated heterocycles. The summed E-state index contributed by atoms with van der Waals surface area (Å²) in [6.45, 7) is 6.39. The zero-order valence-corrected chi connectivity index (χ0v) is 11.7. The number of nitrogens with one attached hydrogen (secondary N) is 1. The Morgan fingerprint density at radius 1 is 1.47 bits per heavy atom. The van der Waals surface area contributed by atoms with Crippen LogP contribution in [0.3, 0.4) is 0 Å². The lowest BCUT2D eigenvalue weighted by Gasteiger charge is -2.40. The van der Waals surface area contributed by atoms with Crippen molar-refractivity contribution in [3.05, 3.63) is 22.4 Å². The summed E-state index contributed by atoms with van der Waals surface area (Å²) in [6.07, 6.45) is 4.55. The number of ether oxygens (including phenoxy) is 1. The van der Waals surface area contributed by atoms with Gasteiger partial charge in [-0.25, -0.2) is 0 Å². The Morgan fingerprint density at radius 3 is 2.94 bits per heavy atom. The van der Waals surface area contributed by atoms with Crippen LogP contribution in [0.15, 0.2) is 16.8 Å². The molecule has 1 aliphatic rings. The van der Waals surface area contributed by atoms with E-state index >= 15 is 0 Å². The molecule has 0 saturated carbocycles. The van der Waals surface area contributed by atoms with Crippen LogP contribution in [-0.2, 0) is 11.3 Å². The van der Waals surface area contributed by atoms with Gasteiger partial charge in [0, 0.05) is 19.2 Å². The first-order chi connectivity index (χ1) is 8.28. The van der Waals surface area contributed by atoms with E-state index in [-0.39, 0.29) is 5.60 Å². The first kappa shape index (κ1) is 13.1. The fraction of sp³-hybridized carbons (Fsp3) is 0.714. The molecule has 96 valence electrons. The van der Waals surface area contributed by atoms with E-state index in [0.29, 0.717) is 6.04 Å². The third-order valence-electron chi connectivity index (χ3n) is 3.96. The largest absolute Gasteiger partial charge is 0.375 e. The van der Waals surface area contributed by atoms with Gasteiger partial charge in [0.05, 0.1) is 5.60 Å². The van der Waals surface area contributed by atoms with E-state index in [4.69, 9.17) is 4.74 Å².